The smallest absolute Gasteiger partial charge is 0.119 e. The molecular weight excluding hydrogens is 257 g/mol. The Kier molecular flexibility index (Phi) is 5.93. The van der Waals surface area contributed by atoms with Gasteiger partial charge in [-0.3, -0.25) is 0 Å². The molecule has 0 fully saturated rings. The number of alkyl halides is 2. The topological polar surface area (TPSA) is 12.5 Å². The average Bonchev–Trinajstić information content (AvgIpc) is 2.27. The summed E-state index contributed by atoms with van der Waals surface area (Å²) in [5.74, 6) is 0.853. The quantitative estimate of drug-likeness (QED) is 0.733. The molecule has 1 rings (SSSR count). The van der Waals surface area contributed by atoms with Gasteiger partial charge in [0.1, 0.15) is 5.75 Å². The van der Waals surface area contributed by atoms with E-state index in [0.29, 0.717) is 0 Å². The second-order valence-electron chi connectivity index (χ2n) is 4.16. The first-order valence-corrected chi connectivity index (χ1v) is 6.57. The Morgan fingerprint density at radius 2 is 1.53 bits per heavy atom. The molecular formula is C13H19Cl2NO. The minimum Gasteiger partial charge on any atom is -0.497 e. The highest BCUT2D eigenvalue weighted by atomic mass is 35.5. The molecule has 0 aliphatic carbocycles. The SMILES string of the molecule is COc1ccc(N(C[C@H](C)Cl)C[C@@H](C)Cl)cc1. The monoisotopic (exact) mass is 275 g/mol. The van der Waals surface area contributed by atoms with Crippen LogP contribution in [0.15, 0.2) is 24.3 Å². The molecule has 0 unspecified atom stereocenters. The summed E-state index contributed by atoms with van der Waals surface area (Å²) in [5.41, 5.74) is 1.12. The molecule has 2 atom stereocenters. The molecule has 0 heterocycles. The molecule has 0 radical (unpaired) electrons. The van der Waals surface area contributed by atoms with Crippen molar-refractivity contribution in [3.05, 3.63) is 24.3 Å². The third-order valence-electron chi connectivity index (χ3n) is 2.38. The Morgan fingerprint density at radius 3 is 1.88 bits per heavy atom. The molecule has 0 aliphatic rings. The van der Waals surface area contributed by atoms with Gasteiger partial charge in [-0.1, -0.05) is 0 Å². The third kappa shape index (κ3) is 5.05. The highest BCUT2D eigenvalue weighted by molar-refractivity contribution is 6.21. The summed E-state index contributed by atoms with van der Waals surface area (Å²) in [5, 5.41) is 0.181. The summed E-state index contributed by atoms with van der Waals surface area (Å²) in [6, 6.07) is 7.94. The van der Waals surface area contributed by atoms with Crippen molar-refractivity contribution in [2.24, 2.45) is 0 Å². The minimum atomic E-state index is 0.0903. The maximum atomic E-state index is 6.05. The van der Waals surface area contributed by atoms with Crippen LogP contribution in [0.1, 0.15) is 13.8 Å². The van der Waals surface area contributed by atoms with Gasteiger partial charge in [0.25, 0.3) is 0 Å². The van der Waals surface area contributed by atoms with Gasteiger partial charge in [0.15, 0.2) is 0 Å². The summed E-state index contributed by atoms with van der Waals surface area (Å²) in [6.07, 6.45) is 0. The number of halogens is 2. The molecule has 17 heavy (non-hydrogen) atoms. The van der Waals surface area contributed by atoms with Crippen molar-refractivity contribution < 1.29 is 4.74 Å². The van der Waals surface area contributed by atoms with E-state index in [1.165, 1.54) is 0 Å². The lowest BCUT2D eigenvalue weighted by molar-refractivity contribution is 0.415. The van der Waals surface area contributed by atoms with Gasteiger partial charge < -0.3 is 9.64 Å². The van der Waals surface area contributed by atoms with Crippen LogP contribution >= 0.6 is 23.2 Å². The lowest BCUT2D eigenvalue weighted by Crippen LogP contribution is -2.33. The molecule has 0 amide bonds. The molecule has 2 nitrogen and oxygen atoms in total. The molecule has 0 saturated heterocycles. The Hall–Kier alpha value is -0.600. The number of hydrogen-bond donors (Lipinski definition) is 0. The maximum Gasteiger partial charge on any atom is 0.119 e. The van der Waals surface area contributed by atoms with Crippen LogP contribution in [-0.2, 0) is 0 Å². The van der Waals surface area contributed by atoms with Crippen molar-refractivity contribution in [2.45, 2.75) is 24.6 Å². The molecule has 0 aliphatic heterocycles. The lowest BCUT2D eigenvalue weighted by Gasteiger charge is -2.27. The Labute approximate surface area is 113 Å². The summed E-state index contributed by atoms with van der Waals surface area (Å²) in [6.45, 7) is 5.53. The van der Waals surface area contributed by atoms with Crippen LogP contribution in [0.2, 0.25) is 0 Å². The van der Waals surface area contributed by atoms with E-state index in [-0.39, 0.29) is 10.8 Å². The van der Waals surface area contributed by atoms with Gasteiger partial charge in [0.05, 0.1) is 7.11 Å². The molecule has 96 valence electrons. The van der Waals surface area contributed by atoms with Gasteiger partial charge in [-0.05, 0) is 38.1 Å². The van der Waals surface area contributed by atoms with Gasteiger partial charge in [-0.15, -0.1) is 23.2 Å². The first-order chi connectivity index (χ1) is 8.02. The van der Waals surface area contributed by atoms with E-state index in [4.69, 9.17) is 27.9 Å². The fraction of sp³-hybridized carbons (Fsp3) is 0.538. The van der Waals surface area contributed by atoms with Crippen LogP contribution in [-0.4, -0.2) is 31.0 Å². The van der Waals surface area contributed by atoms with Crippen molar-refractivity contribution in [3.8, 4) is 5.75 Å². The Balaban J connectivity index is 2.79. The van der Waals surface area contributed by atoms with E-state index >= 15 is 0 Å². The van der Waals surface area contributed by atoms with Crippen LogP contribution in [0.3, 0.4) is 0 Å². The number of hydrogen-bond acceptors (Lipinski definition) is 2. The number of ether oxygens (including phenoxy) is 1. The van der Waals surface area contributed by atoms with E-state index in [0.717, 1.165) is 24.5 Å². The number of benzene rings is 1. The molecule has 1 aromatic carbocycles. The fourth-order valence-corrected chi connectivity index (χ4v) is 2.02. The third-order valence-corrected chi connectivity index (χ3v) is 2.66. The Morgan fingerprint density at radius 1 is 1.06 bits per heavy atom. The average molecular weight is 276 g/mol. The van der Waals surface area contributed by atoms with Gasteiger partial charge in [0.2, 0.25) is 0 Å². The number of nitrogens with zero attached hydrogens (tertiary/aromatic N) is 1. The number of methoxy groups -OCH3 is 1. The van der Waals surface area contributed by atoms with Crippen LogP contribution < -0.4 is 9.64 Å². The van der Waals surface area contributed by atoms with E-state index in [9.17, 15) is 0 Å². The van der Waals surface area contributed by atoms with Crippen LogP contribution in [0.5, 0.6) is 5.75 Å². The molecule has 0 saturated carbocycles. The first-order valence-electron chi connectivity index (χ1n) is 5.70. The normalized spacial score (nSPS) is 14.2. The van der Waals surface area contributed by atoms with Gasteiger partial charge >= 0.3 is 0 Å². The molecule has 0 N–H and O–H groups in total. The van der Waals surface area contributed by atoms with E-state index in [1.807, 2.05) is 38.1 Å². The molecule has 0 bridgehead atoms. The van der Waals surface area contributed by atoms with Gasteiger partial charge in [-0.25, -0.2) is 0 Å². The standard InChI is InChI=1S/C13H19Cl2NO/c1-10(14)8-16(9-11(2)15)12-4-6-13(17-3)7-5-12/h4-7,10-11H,8-9H2,1-3H3/t10-,11+. The number of rotatable bonds is 6. The molecule has 4 heteroatoms. The predicted molar refractivity (Wildman–Crippen MR) is 75.8 cm³/mol. The van der Waals surface area contributed by atoms with Gasteiger partial charge in [-0.2, -0.15) is 0 Å². The maximum absolute atomic E-state index is 6.05. The summed E-state index contributed by atoms with van der Waals surface area (Å²) in [4.78, 5) is 2.19. The van der Waals surface area contributed by atoms with E-state index < -0.39 is 0 Å². The van der Waals surface area contributed by atoms with Crippen molar-refractivity contribution in [2.75, 3.05) is 25.1 Å². The second-order valence-corrected chi connectivity index (χ2v) is 5.65. The van der Waals surface area contributed by atoms with E-state index in [2.05, 4.69) is 4.90 Å². The molecule has 0 aromatic heterocycles. The fourth-order valence-electron chi connectivity index (χ4n) is 1.69. The molecule has 0 spiro atoms. The lowest BCUT2D eigenvalue weighted by atomic mass is 10.2. The summed E-state index contributed by atoms with van der Waals surface area (Å²) >= 11 is 12.1. The minimum absolute atomic E-state index is 0.0903. The zero-order valence-corrected chi connectivity index (χ0v) is 12.0. The number of anilines is 1. The zero-order chi connectivity index (χ0) is 12.8. The van der Waals surface area contributed by atoms with Crippen molar-refractivity contribution in [3.63, 3.8) is 0 Å². The van der Waals surface area contributed by atoms with Crippen molar-refractivity contribution in [1.29, 1.82) is 0 Å². The molecule has 1 aromatic rings. The summed E-state index contributed by atoms with van der Waals surface area (Å²) in [7, 11) is 1.66. The largest absolute Gasteiger partial charge is 0.497 e. The van der Waals surface area contributed by atoms with E-state index in [1.54, 1.807) is 7.11 Å². The van der Waals surface area contributed by atoms with Crippen molar-refractivity contribution in [1.82, 2.24) is 0 Å². The van der Waals surface area contributed by atoms with Crippen LogP contribution in [0.25, 0.3) is 0 Å². The predicted octanol–water partition coefficient (Wildman–Crippen LogP) is 3.76. The Bertz CT molecular complexity index is 315. The van der Waals surface area contributed by atoms with Gasteiger partial charge in [0, 0.05) is 29.5 Å². The second kappa shape index (κ2) is 6.97. The summed E-state index contributed by atoms with van der Waals surface area (Å²) < 4.78 is 5.14. The van der Waals surface area contributed by atoms with Crippen molar-refractivity contribution >= 4 is 28.9 Å². The first kappa shape index (κ1) is 14.5. The highest BCUT2D eigenvalue weighted by Crippen LogP contribution is 2.21. The zero-order valence-electron chi connectivity index (χ0n) is 10.5. The highest BCUT2D eigenvalue weighted by Gasteiger charge is 2.12. The van der Waals surface area contributed by atoms with Crippen LogP contribution in [0.4, 0.5) is 5.69 Å². The van der Waals surface area contributed by atoms with Crippen LogP contribution in [0, 0.1) is 0 Å².